The molecule has 0 amide bonds. The van der Waals surface area contributed by atoms with Gasteiger partial charge in [0.25, 0.3) is 0 Å². The number of halogens is 17. The Kier molecular flexibility index (Phi) is 10.8. The number of rotatable bonds is 14. The van der Waals surface area contributed by atoms with E-state index in [-0.39, 0.29) is 0 Å². The van der Waals surface area contributed by atoms with Gasteiger partial charge < -0.3 is 25.2 Å². The highest BCUT2D eigenvalue weighted by atomic mass is 19.4. The molecular weight excluding hydrogens is 649 g/mol. The van der Waals surface area contributed by atoms with Crippen molar-refractivity contribution < 1.29 is 105 Å². The number of hydrogen-bond acceptors (Lipinski definition) is 7. The van der Waals surface area contributed by atoms with Crippen LogP contribution < -0.4 is 0 Å². The van der Waals surface area contributed by atoms with E-state index in [0.717, 1.165) is 7.05 Å². The number of likely N-dealkylation sites (N-methyl/N-ethyl adjacent to an activating group) is 1. The molecule has 1 aliphatic rings. The van der Waals surface area contributed by atoms with Crippen molar-refractivity contribution in [1.29, 1.82) is 0 Å². The number of alkyl halides is 17. The Bertz CT molecular complexity index is 917. The van der Waals surface area contributed by atoms with E-state index >= 15 is 0 Å². The lowest BCUT2D eigenvalue weighted by Gasteiger charge is -2.42. The number of hydrogen-bond donors (Lipinski definition) is 4. The summed E-state index contributed by atoms with van der Waals surface area (Å²) < 4.78 is 231. The van der Waals surface area contributed by atoms with E-state index in [1.54, 1.807) is 0 Å². The summed E-state index contributed by atoms with van der Waals surface area (Å²) in [4.78, 5) is 4.61. The van der Waals surface area contributed by atoms with Gasteiger partial charge in [-0.05, 0) is 6.42 Å². The molecule has 7 nitrogen and oxygen atoms in total. The van der Waals surface area contributed by atoms with Crippen LogP contribution in [0.15, 0.2) is 0 Å². The van der Waals surface area contributed by atoms with Crippen molar-refractivity contribution in [1.82, 2.24) is 5.06 Å². The fourth-order valence-corrected chi connectivity index (χ4v) is 3.34. The summed E-state index contributed by atoms with van der Waals surface area (Å²) >= 11 is 0. The van der Waals surface area contributed by atoms with E-state index in [9.17, 15) is 90.0 Å². The second kappa shape index (κ2) is 11.8. The van der Waals surface area contributed by atoms with E-state index in [1.807, 2.05) is 0 Å². The molecule has 5 atom stereocenters. The highest BCUT2D eigenvalue weighted by Crippen LogP contribution is 2.64. The van der Waals surface area contributed by atoms with E-state index in [2.05, 4.69) is 4.84 Å². The van der Waals surface area contributed by atoms with Crippen LogP contribution >= 0.6 is 0 Å². The highest BCUT2D eigenvalue weighted by Gasteiger charge is 2.95. The normalized spacial score (nSPS) is 24.9. The second-order valence-corrected chi connectivity index (χ2v) is 8.85. The summed E-state index contributed by atoms with van der Waals surface area (Å²) in [6.45, 7) is -2.32. The molecule has 0 aliphatic carbocycles. The van der Waals surface area contributed by atoms with Gasteiger partial charge in [0, 0.05) is 13.5 Å². The first kappa shape index (κ1) is 38.6. The lowest BCUT2D eigenvalue weighted by Crippen LogP contribution is -2.74. The van der Waals surface area contributed by atoms with Gasteiger partial charge in [-0.25, -0.2) is 0 Å². The van der Waals surface area contributed by atoms with Gasteiger partial charge in [0.15, 0.2) is 6.23 Å². The van der Waals surface area contributed by atoms with Crippen molar-refractivity contribution >= 4 is 0 Å². The Morgan fingerprint density at radius 2 is 1.10 bits per heavy atom. The smallest absolute Gasteiger partial charge is 0.394 e. The third kappa shape index (κ3) is 5.95. The number of hydroxylamine groups is 2. The molecule has 24 heteroatoms. The fourth-order valence-electron chi connectivity index (χ4n) is 3.34. The molecule has 0 spiro atoms. The average molecular weight is 669 g/mol. The van der Waals surface area contributed by atoms with Gasteiger partial charge in [0.2, 0.25) is 0 Å². The SMILES string of the molecule is CN(OCCCC(F)(F)C(F)(F)C(F)(F)C(F)(F)C(F)(F)C(F)(F)C(F)(F)C(F)(F)F)[C@H]1O[C@H](C(O)CO)[C@H](O)[C@@H]1O. The van der Waals surface area contributed by atoms with Gasteiger partial charge in [-0.2, -0.15) is 79.7 Å². The monoisotopic (exact) mass is 669 g/mol. The molecule has 1 aliphatic heterocycles. The molecule has 1 heterocycles. The summed E-state index contributed by atoms with van der Waals surface area (Å²) in [5.74, 6) is -56.9. The molecule has 0 bridgehead atoms. The first-order valence-corrected chi connectivity index (χ1v) is 10.8. The first-order chi connectivity index (χ1) is 18.4. The van der Waals surface area contributed by atoms with Crippen molar-refractivity contribution in [3.63, 3.8) is 0 Å². The van der Waals surface area contributed by atoms with E-state index in [1.165, 1.54) is 0 Å². The van der Waals surface area contributed by atoms with Crippen LogP contribution in [0.4, 0.5) is 74.6 Å². The maximum atomic E-state index is 13.9. The predicted molar refractivity (Wildman–Crippen MR) is 97.4 cm³/mol. The number of aliphatic hydroxyl groups is 4. The van der Waals surface area contributed by atoms with Crippen LogP contribution in [-0.4, -0.2) is 124 Å². The largest absolute Gasteiger partial charge is 0.460 e. The van der Waals surface area contributed by atoms with Gasteiger partial charge in [-0.1, -0.05) is 0 Å². The Morgan fingerprint density at radius 1 is 0.690 bits per heavy atom. The first-order valence-electron chi connectivity index (χ1n) is 10.8. The topological polar surface area (TPSA) is 103 Å². The standard InChI is InChI=1S/C18H20F17NO6/c1-36(10-8(40)7(39)9(42-10)6(38)5-37)41-4-2-3-11(19,20)12(21,22)13(23,24)14(25,26)15(27,28)16(29,30)17(31,32)18(33,34)35/h6-10,37-40H,2-5H2,1H3/t6?,7-,8+,9-,10+/m1/s1. The van der Waals surface area contributed by atoms with Crippen LogP contribution in [0.2, 0.25) is 0 Å². The number of nitrogens with zero attached hydrogens (tertiary/aromatic N) is 1. The number of ether oxygens (including phenoxy) is 1. The zero-order valence-corrected chi connectivity index (χ0v) is 20.2. The zero-order valence-electron chi connectivity index (χ0n) is 20.2. The molecule has 252 valence electrons. The highest BCUT2D eigenvalue weighted by molar-refractivity contribution is 5.15. The van der Waals surface area contributed by atoms with Crippen LogP contribution in [0.5, 0.6) is 0 Å². The Morgan fingerprint density at radius 3 is 1.50 bits per heavy atom. The summed E-state index contributed by atoms with van der Waals surface area (Å²) in [5.41, 5.74) is 0. The zero-order chi connectivity index (χ0) is 33.7. The Hall–Kier alpha value is -1.47. The van der Waals surface area contributed by atoms with Gasteiger partial charge in [-0.15, -0.1) is 0 Å². The minimum atomic E-state index is -8.71. The van der Waals surface area contributed by atoms with Gasteiger partial charge in [-0.3, -0.25) is 4.84 Å². The van der Waals surface area contributed by atoms with Gasteiger partial charge >= 0.3 is 47.6 Å². The van der Waals surface area contributed by atoms with E-state index < -0.39 is 104 Å². The fraction of sp³-hybridized carbons (Fsp3) is 1.00. The van der Waals surface area contributed by atoms with Crippen LogP contribution in [0, 0.1) is 0 Å². The van der Waals surface area contributed by atoms with E-state index in [4.69, 9.17) is 9.84 Å². The van der Waals surface area contributed by atoms with E-state index in [0.29, 0.717) is 5.06 Å². The minimum Gasteiger partial charge on any atom is -0.394 e. The van der Waals surface area contributed by atoms with Crippen molar-refractivity contribution in [3.05, 3.63) is 0 Å². The third-order valence-corrected chi connectivity index (χ3v) is 5.92. The molecule has 4 N–H and O–H groups in total. The predicted octanol–water partition coefficient (Wildman–Crippen LogP) is 3.44. The maximum Gasteiger partial charge on any atom is 0.460 e. The molecule has 1 rings (SSSR count). The van der Waals surface area contributed by atoms with Crippen LogP contribution in [0.25, 0.3) is 0 Å². The molecule has 0 aromatic carbocycles. The van der Waals surface area contributed by atoms with Crippen LogP contribution in [0.1, 0.15) is 12.8 Å². The molecule has 0 saturated carbocycles. The van der Waals surface area contributed by atoms with Crippen LogP contribution in [0.3, 0.4) is 0 Å². The van der Waals surface area contributed by atoms with Crippen molar-refractivity contribution in [2.24, 2.45) is 0 Å². The average Bonchev–Trinajstić information content (AvgIpc) is 3.14. The minimum absolute atomic E-state index is 0.362. The number of aliphatic hydroxyl groups excluding tert-OH is 4. The maximum absolute atomic E-state index is 13.9. The van der Waals surface area contributed by atoms with Crippen molar-refractivity contribution in [2.45, 2.75) is 91.1 Å². The molecule has 0 aromatic heterocycles. The van der Waals surface area contributed by atoms with Gasteiger partial charge in [0.1, 0.15) is 24.4 Å². The summed E-state index contributed by atoms with van der Waals surface area (Å²) in [6.07, 6.45) is -21.3. The molecule has 0 aromatic rings. The molecule has 1 fully saturated rings. The Balaban J connectivity index is 3.09. The van der Waals surface area contributed by atoms with Gasteiger partial charge in [0.05, 0.1) is 13.2 Å². The Labute approximate surface area is 222 Å². The summed E-state index contributed by atoms with van der Waals surface area (Å²) in [7, 11) is 0.800. The molecule has 1 unspecified atom stereocenters. The molecule has 0 radical (unpaired) electrons. The van der Waals surface area contributed by atoms with Crippen LogP contribution in [-0.2, 0) is 9.57 Å². The third-order valence-electron chi connectivity index (χ3n) is 5.92. The summed E-state index contributed by atoms with van der Waals surface area (Å²) in [6, 6.07) is 0. The lowest BCUT2D eigenvalue weighted by atomic mass is 9.88. The molecule has 42 heavy (non-hydrogen) atoms. The molecular formula is C18H20F17NO6. The quantitative estimate of drug-likeness (QED) is 0.128. The summed E-state index contributed by atoms with van der Waals surface area (Å²) in [5, 5.41) is 38.2. The van der Waals surface area contributed by atoms with Crippen molar-refractivity contribution in [3.8, 4) is 0 Å². The second-order valence-electron chi connectivity index (χ2n) is 8.85. The molecule has 1 saturated heterocycles. The van der Waals surface area contributed by atoms with Crippen molar-refractivity contribution in [2.75, 3.05) is 20.3 Å². The lowest BCUT2D eigenvalue weighted by molar-refractivity contribution is -0.461.